The zero-order valence-corrected chi connectivity index (χ0v) is 18.8. The Morgan fingerprint density at radius 3 is 2.26 bits per heavy atom. The molecule has 8 nitrogen and oxygen atoms in total. The number of alkyl halides is 2. The number of ether oxygens (including phenoxy) is 2. The third-order valence-corrected chi connectivity index (χ3v) is 6.30. The molecular formula is C25H26F2N2O6. The summed E-state index contributed by atoms with van der Waals surface area (Å²) < 4.78 is 36.8. The van der Waals surface area contributed by atoms with Crippen LogP contribution in [0.2, 0.25) is 0 Å². The van der Waals surface area contributed by atoms with Crippen molar-refractivity contribution in [3.8, 4) is 11.1 Å². The standard InChI is InChI=1S/C25H26F2N2O6/c26-22(27)10-21(23(30)28-11-15-9-14(12-34-15)24(31)32)29-25(33)35-13-20-18-7-3-1-5-16(18)17-6-2-4-8-19(17)20/h1-8,14-15,20-22H,9-13H2,(H,28,30)(H,29,33)(H,31,32). The molecule has 1 fully saturated rings. The van der Waals surface area contributed by atoms with Crippen LogP contribution < -0.4 is 10.6 Å². The first-order chi connectivity index (χ1) is 16.8. The van der Waals surface area contributed by atoms with E-state index in [-0.39, 0.29) is 32.1 Å². The molecule has 1 saturated heterocycles. The number of alkyl carbamates (subject to hydrolysis) is 1. The van der Waals surface area contributed by atoms with E-state index in [2.05, 4.69) is 10.6 Å². The van der Waals surface area contributed by atoms with E-state index in [0.29, 0.717) is 0 Å². The van der Waals surface area contributed by atoms with Crippen molar-refractivity contribution >= 4 is 18.0 Å². The van der Waals surface area contributed by atoms with Gasteiger partial charge in [0.2, 0.25) is 12.3 Å². The number of carbonyl (C=O) groups is 3. The molecule has 35 heavy (non-hydrogen) atoms. The van der Waals surface area contributed by atoms with Gasteiger partial charge in [0.1, 0.15) is 12.6 Å². The van der Waals surface area contributed by atoms with Gasteiger partial charge in [0.15, 0.2) is 0 Å². The smallest absolute Gasteiger partial charge is 0.407 e. The predicted molar refractivity (Wildman–Crippen MR) is 121 cm³/mol. The van der Waals surface area contributed by atoms with Crippen molar-refractivity contribution in [2.24, 2.45) is 5.92 Å². The Morgan fingerprint density at radius 2 is 1.69 bits per heavy atom. The van der Waals surface area contributed by atoms with Gasteiger partial charge in [0.05, 0.1) is 18.6 Å². The zero-order chi connectivity index (χ0) is 24.9. The predicted octanol–water partition coefficient (Wildman–Crippen LogP) is 3.15. The summed E-state index contributed by atoms with van der Waals surface area (Å²) in [4.78, 5) is 36.0. The highest BCUT2D eigenvalue weighted by Gasteiger charge is 2.33. The lowest BCUT2D eigenvalue weighted by molar-refractivity contribution is -0.141. The molecule has 0 aromatic heterocycles. The summed E-state index contributed by atoms with van der Waals surface area (Å²) in [5.41, 5.74) is 4.09. The van der Waals surface area contributed by atoms with Gasteiger partial charge >= 0.3 is 12.1 Å². The minimum absolute atomic E-state index is 0.0185. The number of halogens is 2. The monoisotopic (exact) mass is 488 g/mol. The summed E-state index contributed by atoms with van der Waals surface area (Å²) >= 11 is 0. The van der Waals surface area contributed by atoms with E-state index in [0.717, 1.165) is 22.3 Å². The molecule has 1 aliphatic carbocycles. The molecule has 2 aliphatic rings. The molecular weight excluding hydrogens is 462 g/mol. The number of rotatable bonds is 9. The Balaban J connectivity index is 1.33. The fourth-order valence-corrected chi connectivity index (χ4v) is 4.55. The van der Waals surface area contributed by atoms with Gasteiger partial charge in [-0.3, -0.25) is 9.59 Å². The first-order valence-electron chi connectivity index (χ1n) is 11.3. The molecule has 3 N–H and O–H groups in total. The third-order valence-electron chi connectivity index (χ3n) is 6.30. The molecule has 2 amide bonds. The van der Waals surface area contributed by atoms with Crippen molar-refractivity contribution in [3.63, 3.8) is 0 Å². The van der Waals surface area contributed by atoms with Gasteiger partial charge in [0.25, 0.3) is 0 Å². The van der Waals surface area contributed by atoms with E-state index in [1.165, 1.54) is 0 Å². The summed E-state index contributed by atoms with van der Waals surface area (Å²) in [5, 5.41) is 13.7. The van der Waals surface area contributed by atoms with Crippen molar-refractivity contribution in [1.82, 2.24) is 10.6 Å². The Morgan fingerprint density at radius 1 is 1.06 bits per heavy atom. The van der Waals surface area contributed by atoms with Crippen LogP contribution in [-0.4, -0.2) is 61.4 Å². The summed E-state index contributed by atoms with van der Waals surface area (Å²) in [7, 11) is 0. The largest absolute Gasteiger partial charge is 0.481 e. The minimum Gasteiger partial charge on any atom is -0.481 e. The Kier molecular flexibility index (Phi) is 7.60. The molecule has 3 atom stereocenters. The van der Waals surface area contributed by atoms with Gasteiger partial charge in [-0.1, -0.05) is 48.5 Å². The maximum atomic E-state index is 13.1. The number of fused-ring (bicyclic) bond motifs is 3. The van der Waals surface area contributed by atoms with Gasteiger partial charge < -0.3 is 25.2 Å². The van der Waals surface area contributed by atoms with Gasteiger partial charge in [-0.25, -0.2) is 13.6 Å². The molecule has 10 heteroatoms. The van der Waals surface area contributed by atoms with Crippen LogP contribution in [0.3, 0.4) is 0 Å². The molecule has 0 spiro atoms. The summed E-state index contributed by atoms with van der Waals surface area (Å²) in [6.07, 6.45) is -5.04. The number of nitrogens with one attached hydrogen (secondary N) is 2. The number of carbonyl (C=O) groups excluding carboxylic acids is 2. The van der Waals surface area contributed by atoms with Gasteiger partial charge in [0, 0.05) is 18.9 Å². The first-order valence-corrected chi connectivity index (χ1v) is 11.3. The van der Waals surface area contributed by atoms with E-state index in [1.54, 1.807) is 0 Å². The van der Waals surface area contributed by atoms with Crippen LogP contribution in [0.4, 0.5) is 13.6 Å². The fourth-order valence-electron chi connectivity index (χ4n) is 4.55. The first kappa shape index (κ1) is 24.6. The van der Waals surface area contributed by atoms with Crippen molar-refractivity contribution in [3.05, 3.63) is 59.7 Å². The highest BCUT2D eigenvalue weighted by atomic mass is 19.3. The van der Waals surface area contributed by atoms with Crippen molar-refractivity contribution in [2.75, 3.05) is 19.8 Å². The molecule has 4 rings (SSSR count). The maximum absolute atomic E-state index is 13.1. The van der Waals surface area contributed by atoms with Crippen LogP contribution >= 0.6 is 0 Å². The molecule has 0 saturated carbocycles. The lowest BCUT2D eigenvalue weighted by Gasteiger charge is -2.20. The van der Waals surface area contributed by atoms with E-state index in [9.17, 15) is 23.2 Å². The molecule has 2 aromatic rings. The number of amides is 2. The molecule has 1 aliphatic heterocycles. The number of hydrogen-bond donors (Lipinski definition) is 3. The highest BCUT2D eigenvalue weighted by Crippen LogP contribution is 2.44. The lowest BCUT2D eigenvalue weighted by atomic mass is 9.98. The van der Waals surface area contributed by atoms with Crippen molar-refractivity contribution < 1.29 is 37.7 Å². The number of aliphatic carboxylic acids is 1. The number of carboxylic acid groups (broad SMARTS) is 1. The van der Waals surface area contributed by atoms with Gasteiger partial charge in [-0.05, 0) is 28.7 Å². The average molecular weight is 488 g/mol. The summed E-state index contributed by atoms with van der Waals surface area (Å²) in [6.45, 7) is -0.0432. The zero-order valence-electron chi connectivity index (χ0n) is 18.8. The Hall–Kier alpha value is -3.53. The van der Waals surface area contributed by atoms with Crippen LogP contribution in [0.1, 0.15) is 29.9 Å². The van der Waals surface area contributed by atoms with Crippen LogP contribution in [0.5, 0.6) is 0 Å². The molecule has 0 bridgehead atoms. The Bertz CT molecular complexity index is 1050. The summed E-state index contributed by atoms with van der Waals surface area (Å²) in [5.74, 6) is -2.70. The lowest BCUT2D eigenvalue weighted by Crippen LogP contribution is -2.49. The molecule has 3 unspecified atom stereocenters. The van der Waals surface area contributed by atoms with Crippen LogP contribution in [0.15, 0.2) is 48.5 Å². The SMILES string of the molecule is O=C(NC(CC(F)F)C(=O)NCC1CC(C(=O)O)CO1)OCC1c2ccccc2-c2ccccc21. The van der Waals surface area contributed by atoms with E-state index in [4.69, 9.17) is 14.6 Å². The number of benzene rings is 2. The normalized spacial score (nSPS) is 19.6. The van der Waals surface area contributed by atoms with Gasteiger partial charge in [-0.15, -0.1) is 0 Å². The quantitative estimate of drug-likeness (QED) is 0.500. The van der Waals surface area contributed by atoms with E-state index in [1.807, 2.05) is 48.5 Å². The highest BCUT2D eigenvalue weighted by molar-refractivity contribution is 5.85. The number of carboxylic acids is 1. The van der Waals surface area contributed by atoms with Crippen LogP contribution in [-0.2, 0) is 19.1 Å². The van der Waals surface area contributed by atoms with Crippen molar-refractivity contribution in [2.45, 2.75) is 37.3 Å². The topological polar surface area (TPSA) is 114 Å². The van der Waals surface area contributed by atoms with Gasteiger partial charge in [-0.2, -0.15) is 0 Å². The molecule has 1 heterocycles. The second-order valence-corrected chi connectivity index (χ2v) is 8.62. The minimum atomic E-state index is -2.83. The van der Waals surface area contributed by atoms with E-state index < -0.39 is 48.9 Å². The summed E-state index contributed by atoms with van der Waals surface area (Å²) in [6, 6.07) is 14.0. The maximum Gasteiger partial charge on any atom is 0.407 e. The second kappa shape index (κ2) is 10.8. The Labute approximate surface area is 200 Å². The second-order valence-electron chi connectivity index (χ2n) is 8.62. The average Bonchev–Trinajstić information content (AvgIpc) is 3.44. The molecule has 0 radical (unpaired) electrons. The van der Waals surface area contributed by atoms with E-state index >= 15 is 0 Å². The van der Waals surface area contributed by atoms with Crippen molar-refractivity contribution in [1.29, 1.82) is 0 Å². The van der Waals surface area contributed by atoms with Crippen LogP contribution in [0, 0.1) is 5.92 Å². The molecule has 2 aromatic carbocycles. The number of hydrogen-bond acceptors (Lipinski definition) is 5. The third kappa shape index (κ3) is 5.76. The fraction of sp³-hybridized carbons (Fsp3) is 0.400. The van der Waals surface area contributed by atoms with Crippen LogP contribution in [0.25, 0.3) is 11.1 Å². The molecule has 186 valence electrons.